The Hall–Kier alpha value is -2.14. The van der Waals surface area contributed by atoms with Crippen LogP contribution in [0.3, 0.4) is 0 Å². The van der Waals surface area contributed by atoms with Gasteiger partial charge in [0.15, 0.2) is 0 Å². The first-order valence-electron chi connectivity index (χ1n) is 9.64. The maximum atomic E-state index is 11.7. The van der Waals surface area contributed by atoms with Gasteiger partial charge in [0.2, 0.25) is 5.91 Å². The number of fused-ring (bicyclic) bond motifs is 1. The Labute approximate surface area is 154 Å². The minimum absolute atomic E-state index is 0.0455. The molecule has 1 aromatic carbocycles. The Balaban J connectivity index is 1.54. The van der Waals surface area contributed by atoms with Gasteiger partial charge in [0.25, 0.3) is 0 Å². The first-order chi connectivity index (χ1) is 12.6. The highest BCUT2D eigenvalue weighted by Gasteiger charge is 2.40. The van der Waals surface area contributed by atoms with Gasteiger partial charge in [-0.1, -0.05) is 25.0 Å². The summed E-state index contributed by atoms with van der Waals surface area (Å²) in [4.78, 5) is 16.0. The molecule has 5 nitrogen and oxygen atoms in total. The fourth-order valence-electron chi connectivity index (χ4n) is 4.57. The van der Waals surface area contributed by atoms with Crippen LogP contribution in [0.4, 0.5) is 0 Å². The largest absolute Gasteiger partial charge is 0.370 e. The van der Waals surface area contributed by atoms with E-state index < -0.39 is 0 Å². The van der Waals surface area contributed by atoms with Crippen molar-refractivity contribution >= 4 is 5.91 Å². The molecule has 0 radical (unpaired) electrons. The molecule has 2 heterocycles. The molecule has 2 fully saturated rings. The van der Waals surface area contributed by atoms with Gasteiger partial charge in [-0.05, 0) is 43.9 Å². The van der Waals surface area contributed by atoms with Crippen molar-refractivity contribution in [3.05, 3.63) is 48.0 Å². The van der Waals surface area contributed by atoms with Gasteiger partial charge in [0.1, 0.15) is 5.82 Å². The third-order valence-electron chi connectivity index (χ3n) is 5.83. The second kappa shape index (κ2) is 7.23. The van der Waals surface area contributed by atoms with Crippen molar-refractivity contribution < 1.29 is 9.53 Å². The number of ether oxygens (including phenoxy) is 1. The molecule has 1 saturated heterocycles. The lowest BCUT2D eigenvalue weighted by molar-refractivity contribution is -0.131. The number of rotatable bonds is 3. The van der Waals surface area contributed by atoms with Gasteiger partial charge in [-0.25, -0.2) is 4.98 Å². The molecule has 1 saturated carbocycles. The van der Waals surface area contributed by atoms with Crippen LogP contribution in [0.5, 0.6) is 0 Å². The minimum atomic E-state index is 0.0455. The molecule has 26 heavy (non-hydrogen) atoms. The van der Waals surface area contributed by atoms with E-state index in [9.17, 15) is 4.79 Å². The van der Waals surface area contributed by atoms with Crippen LogP contribution < -0.4 is 5.32 Å². The molecule has 5 heteroatoms. The van der Waals surface area contributed by atoms with E-state index in [1.54, 1.807) is 6.92 Å². The van der Waals surface area contributed by atoms with Crippen molar-refractivity contribution in [3.8, 4) is 5.69 Å². The summed E-state index contributed by atoms with van der Waals surface area (Å²) in [6.07, 6.45) is 9.66. The van der Waals surface area contributed by atoms with E-state index in [0.29, 0.717) is 5.92 Å². The van der Waals surface area contributed by atoms with Crippen LogP contribution >= 0.6 is 0 Å². The van der Waals surface area contributed by atoms with Crippen molar-refractivity contribution in [3.63, 3.8) is 0 Å². The van der Waals surface area contributed by atoms with Crippen molar-refractivity contribution in [1.29, 1.82) is 0 Å². The molecule has 4 atom stereocenters. The van der Waals surface area contributed by atoms with Gasteiger partial charge in [-0.15, -0.1) is 0 Å². The highest BCUT2D eigenvalue weighted by Crippen LogP contribution is 2.41. The first kappa shape index (κ1) is 17.3. The number of hydrogen-bond donors (Lipinski definition) is 1. The lowest BCUT2D eigenvalue weighted by Gasteiger charge is -2.45. The fourth-order valence-corrected chi connectivity index (χ4v) is 4.57. The number of aromatic nitrogens is 2. The molecule has 0 unspecified atom stereocenters. The summed E-state index contributed by atoms with van der Waals surface area (Å²) < 4.78 is 8.54. The molecule has 1 amide bonds. The maximum absolute atomic E-state index is 11.7. The zero-order valence-electron chi connectivity index (χ0n) is 15.5. The third kappa shape index (κ3) is 3.40. The number of benzene rings is 1. The van der Waals surface area contributed by atoms with Gasteiger partial charge in [0.05, 0.1) is 12.2 Å². The minimum Gasteiger partial charge on any atom is -0.370 e. The molecular weight excluding hydrogens is 326 g/mol. The SMILES string of the molecule is CC(=O)N[C@@H]1C[C@H](c2ccc(-n3ccnc3C)cc2)O[C@@H]2CCCC[C@@H]12. The monoisotopic (exact) mass is 353 g/mol. The van der Waals surface area contributed by atoms with Crippen molar-refractivity contribution in [2.75, 3.05) is 0 Å². The third-order valence-corrected chi connectivity index (χ3v) is 5.83. The lowest BCUT2D eigenvalue weighted by atomic mass is 9.76. The normalized spacial score (nSPS) is 28.4. The maximum Gasteiger partial charge on any atom is 0.217 e. The molecule has 0 bridgehead atoms. The Morgan fingerprint density at radius 1 is 1.23 bits per heavy atom. The van der Waals surface area contributed by atoms with Crippen LogP contribution in [0.1, 0.15) is 56.5 Å². The quantitative estimate of drug-likeness (QED) is 0.915. The van der Waals surface area contributed by atoms with Crippen LogP contribution in [0.25, 0.3) is 5.69 Å². The molecule has 4 rings (SSSR count). The van der Waals surface area contributed by atoms with E-state index in [2.05, 4.69) is 39.1 Å². The molecule has 0 spiro atoms. The smallest absolute Gasteiger partial charge is 0.217 e. The number of carbonyl (C=O) groups is 1. The summed E-state index contributed by atoms with van der Waals surface area (Å²) in [5, 5.41) is 3.19. The topological polar surface area (TPSA) is 56.2 Å². The number of nitrogens with one attached hydrogen (secondary N) is 1. The van der Waals surface area contributed by atoms with Crippen LogP contribution in [0.2, 0.25) is 0 Å². The molecule has 1 aromatic heterocycles. The molecule has 2 aliphatic rings. The van der Waals surface area contributed by atoms with Crippen molar-refractivity contribution in [2.24, 2.45) is 5.92 Å². The Bertz CT molecular complexity index is 768. The zero-order valence-corrected chi connectivity index (χ0v) is 15.5. The first-order valence-corrected chi connectivity index (χ1v) is 9.64. The molecule has 138 valence electrons. The summed E-state index contributed by atoms with van der Waals surface area (Å²) in [5.74, 6) is 1.49. The standard InChI is InChI=1S/C21H27N3O2/c1-14-22-11-12-24(14)17-9-7-16(8-10-17)21-13-19(23-15(2)25)18-5-3-4-6-20(18)26-21/h7-12,18-21H,3-6,13H2,1-2H3,(H,23,25)/t18-,19+,20+,21+/m0/s1. The van der Waals surface area contributed by atoms with E-state index in [1.807, 2.05) is 19.3 Å². The summed E-state index contributed by atoms with van der Waals surface area (Å²) in [5.41, 5.74) is 2.29. The van der Waals surface area contributed by atoms with Crippen LogP contribution in [0.15, 0.2) is 36.7 Å². The number of aryl methyl sites for hydroxylation is 1. The summed E-state index contributed by atoms with van der Waals surface area (Å²) in [6.45, 7) is 3.62. The lowest BCUT2D eigenvalue weighted by Crippen LogP contribution is -2.50. The van der Waals surface area contributed by atoms with E-state index in [4.69, 9.17) is 4.74 Å². The van der Waals surface area contributed by atoms with E-state index >= 15 is 0 Å². The highest BCUT2D eigenvalue weighted by molar-refractivity contribution is 5.73. The fraction of sp³-hybridized carbons (Fsp3) is 0.524. The predicted molar refractivity (Wildman–Crippen MR) is 100 cm³/mol. The van der Waals surface area contributed by atoms with E-state index in [-0.39, 0.29) is 24.2 Å². The van der Waals surface area contributed by atoms with Crippen LogP contribution in [-0.4, -0.2) is 27.6 Å². The molecule has 1 aliphatic carbocycles. The Morgan fingerprint density at radius 3 is 2.69 bits per heavy atom. The van der Waals surface area contributed by atoms with Gasteiger partial charge in [-0.2, -0.15) is 0 Å². The van der Waals surface area contributed by atoms with E-state index in [0.717, 1.165) is 30.8 Å². The molecule has 2 aromatic rings. The second-order valence-corrected chi connectivity index (χ2v) is 7.59. The predicted octanol–water partition coefficient (Wildman–Crippen LogP) is 3.71. The van der Waals surface area contributed by atoms with Gasteiger partial charge in [-0.3, -0.25) is 4.79 Å². The number of imidazole rings is 1. The molecule has 1 aliphatic heterocycles. The number of amides is 1. The van der Waals surface area contributed by atoms with Gasteiger partial charge < -0.3 is 14.6 Å². The Morgan fingerprint density at radius 2 is 2.00 bits per heavy atom. The number of hydrogen-bond acceptors (Lipinski definition) is 3. The highest BCUT2D eigenvalue weighted by atomic mass is 16.5. The van der Waals surface area contributed by atoms with Crippen molar-refractivity contribution in [2.45, 2.75) is 64.2 Å². The average Bonchev–Trinajstić information content (AvgIpc) is 3.07. The number of nitrogens with zero attached hydrogens (tertiary/aromatic N) is 2. The van der Waals surface area contributed by atoms with Gasteiger partial charge in [0, 0.05) is 37.0 Å². The molecular formula is C21H27N3O2. The summed E-state index contributed by atoms with van der Waals surface area (Å²) in [7, 11) is 0. The van der Waals surface area contributed by atoms with Crippen LogP contribution in [0, 0.1) is 12.8 Å². The second-order valence-electron chi connectivity index (χ2n) is 7.59. The number of carbonyl (C=O) groups excluding carboxylic acids is 1. The van der Waals surface area contributed by atoms with Crippen LogP contribution in [-0.2, 0) is 9.53 Å². The average molecular weight is 353 g/mol. The van der Waals surface area contributed by atoms with E-state index in [1.165, 1.54) is 18.4 Å². The summed E-state index contributed by atoms with van der Waals surface area (Å²) in [6, 6.07) is 8.75. The van der Waals surface area contributed by atoms with Gasteiger partial charge >= 0.3 is 0 Å². The molecule has 1 N–H and O–H groups in total. The summed E-state index contributed by atoms with van der Waals surface area (Å²) >= 11 is 0. The van der Waals surface area contributed by atoms with Crippen molar-refractivity contribution in [1.82, 2.24) is 14.9 Å². The zero-order chi connectivity index (χ0) is 18.1. The Kier molecular flexibility index (Phi) is 4.81.